The number of thiophene rings is 1. The van der Waals surface area contributed by atoms with Gasteiger partial charge in [-0.3, -0.25) is 0 Å². The van der Waals surface area contributed by atoms with Gasteiger partial charge in [0.25, 0.3) is 0 Å². The van der Waals surface area contributed by atoms with E-state index in [1.807, 2.05) is 6.92 Å². The first-order valence-corrected chi connectivity index (χ1v) is 6.54. The lowest BCUT2D eigenvalue weighted by atomic mass is 10.2. The molecular formula is C12H17N3OS. The topological polar surface area (TPSA) is 58.0 Å². The van der Waals surface area contributed by atoms with Crippen LogP contribution in [-0.2, 0) is 0 Å². The van der Waals surface area contributed by atoms with E-state index < -0.39 is 0 Å². The molecule has 2 N–H and O–H groups in total. The van der Waals surface area contributed by atoms with Crippen LogP contribution in [0.2, 0.25) is 0 Å². The molecule has 0 bridgehead atoms. The Bertz CT molecular complexity index is 536. The highest BCUT2D eigenvalue weighted by atomic mass is 32.1. The van der Waals surface area contributed by atoms with Crippen LogP contribution >= 0.6 is 11.3 Å². The van der Waals surface area contributed by atoms with Gasteiger partial charge < -0.3 is 10.4 Å². The van der Waals surface area contributed by atoms with Gasteiger partial charge in [-0.05, 0) is 32.8 Å². The lowest BCUT2D eigenvalue weighted by Crippen LogP contribution is -2.06. The number of rotatable bonds is 4. The highest BCUT2D eigenvalue weighted by Crippen LogP contribution is 2.32. The van der Waals surface area contributed by atoms with Crippen LogP contribution in [-0.4, -0.2) is 28.2 Å². The molecule has 17 heavy (non-hydrogen) atoms. The van der Waals surface area contributed by atoms with Crippen molar-refractivity contribution in [1.29, 1.82) is 0 Å². The van der Waals surface area contributed by atoms with Crippen LogP contribution in [0, 0.1) is 20.8 Å². The molecule has 0 radical (unpaired) electrons. The van der Waals surface area contributed by atoms with E-state index in [1.165, 1.54) is 10.4 Å². The Kier molecular flexibility index (Phi) is 3.59. The summed E-state index contributed by atoms with van der Waals surface area (Å²) >= 11 is 1.71. The summed E-state index contributed by atoms with van der Waals surface area (Å²) < 4.78 is 0. The summed E-state index contributed by atoms with van der Waals surface area (Å²) in [6.07, 6.45) is 0.729. The molecule has 0 amide bonds. The third-order valence-corrected chi connectivity index (χ3v) is 3.87. The molecule has 2 heterocycles. The molecule has 2 aromatic heterocycles. The third kappa shape index (κ3) is 2.40. The van der Waals surface area contributed by atoms with Gasteiger partial charge in [0, 0.05) is 18.0 Å². The van der Waals surface area contributed by atoms with Crippen molar-refractivity contribution in [3.63, 3.8) is 0 Å². The first-order chi connectivity index (χ1) is 8.13. The molecule has 0 fully saturated rings. The summed E-state index contributed by atoms with van der Waals surface area (Å²) in [5.41, 5.74) is 1.25. The standard InChI is InChI=1S/C12H17N3OS/c1-7-8(2)17-12-10(7)11(13-5-4-6-16)14-9(3)15-12/h16H,4-6H2,1-3H3,(H,13,14,15). The van der Waals surface area contributed by atoms with E-state index in [0.29, 0.717) is 0 Å². The van der Waals surface area contributed by atoms with E-state index in [4.69, 9.17) is 5.11 Å². The summed E-state index contributed by atoms with van der Waals surface area (Å²) in [4.78, 5) is 11.2. The second-order valence-corrected chi connectivity index (χ2v) is 5.29. The molecule has 0 saturated heterocycles. The number of hydrogen-bond acceptors (Lipinski definition) is 5. The van der Waals surface area contributed by atoms with Crippen molar-refractivity contribution >= 4 is 27.4 Å². The summed E-state index contributed by atoms with van der Waals surface area (Å²) in [5.74, 6) is 1.67. The summed E-state index contributed by atoms with van der Waals surface area (Å²) in [6, 6.07) is 0. The number of aryl methyl sites for hydroxylation is 3. The number of nitrogens with zero attached hydrogens (tertiary/aromatic N) is 2. The minimum Gasteiger partial charge on any atom is -0.396 e. The van der Waals surface area contributed by atoms with Crippen molar-refractivity contribution in [3.05, 3.63) is 16.3 Å². The molecule has 5 heteroatoms. The largest absolute Gasteiger partial charge is 0.396 e. The van der Waals surface area contributed by atoms with Gasteiger partial charge >= 0.3 is 0 Å². The molecule has 0 aliphatic carbocycles. The second kappa shape index (κ2) is 4.98. The molecule has 0 aliphatic heterocycles. The Morgan fingerprint density at radius 1 is 1.24 bits per heavy atom. The highest BCUT2D eigenvalue weighted by molar-refractivity contribution is 7.18. The van der Waals surface area contributed by atoms with Crippen molar-refractivity contribution in [2.75, 3.05) is 18.5 Å². The second-order valence-electron chi connectivity index (χ2n) is 4.09. The molecule has 0 unspecified atom stereocenters. The molecule has 92 valence electrons. The quantitative estimate of drug-likeness (QED) is 0.819. The van der Waals surface area contributed by atoms with E-state index >= 15 is 0 Å². The van der Waals surface area contributed by atoms with Crippen LogP contribution in [0.15, 0.2) is 0 Å². The monoisotopic (exact) mass is 251 g/mol. The predicted octanol–water partition coefficient (Wildman–Crippen LogP) is 2.41. The summed E-state index contributed by atoms with van der Waals surface area (Å²) in [6.45, 7) is 7.04. The SMILES string of the molecule is Cc1nc(NCCCO)c2c(C)c(C)sc2n1. The first kappa shape index (κ1) is 12.3. The molecule has 0 atom stereocenters. The molecule has 0 spiro atoms. The Labute approximate surface area is 105 Å². The fraction of sp³-hybridized carbons (Fsp3) is 0.500. The zero-order valence-corrected chi connectivity index (χ0v) is 11.2. The molecular weight excluding hydrogens is 234 g/mol. The lowest BCUT2D eigenvalue weighted by molar-refractivity contribution is 0.292. The normalized spacial score (nSPS) is 11.1. The minimum absolute atomic E-state index is 0.196. The van der Waals surface area contributed by atoms with E-state index in [-0.39, 0.29) is 6.61 Å². The number of aliphatic hydroxyl groups excluding tert-OH is 1. The third-order valence-electron chi connectivity index (χ3n) is 2.77. The van der Waals surface area contributed by atoms with Crippen LogP contribution in [0.1, 0.15) is 22.7 Å². The summed E-state index contributed by atoms with van der Waals surface area (Å²) in [5, 5.41) is 13.2. The predicted molar refractivity (Wildman–Crippen MR) is 71.8 cm³/mol. The number of nitrogens with one attached hydrogen (secondary N) is 1. The molecule has 4 nitrogen and oxygen atoms in total. The number of anilines is 1. The van der Waals surface area contributed by atoms with Gasteiger partial charge in [0.05, 0.1) is 5.39 Å². The lowest BCUT2D eigenvalue weighted by Gasteiger charge is -2.07. The van der Waals surface area contributed by atoms with Crippen LogP contribution in [0.5, 0.6) is 0 Å². The van der Waals surface area contributed by atoms with Gasteiger partial charge in [-0.15, -0.1) is 11.3 Å². The van der Waals surface area contributed by atoms with Gasteiger partial charge in [0.2, 0.25) is 0 Å². The number of aromatic nitrogens is 2. The van der Waals surface area contributed by atoms with Gasteiger partial charge in [-0.25, -0.2) is 9.97 Å². The van der Waals surface area contributed by atoms with E-state index in [0.717, 1.165) is 34.8 Å². The van der Waals surface area contributed by atoms with Crippen LogP contribution in [0.3, 0.4) is 0 Å². The number of fused-ring (bicyclic) bond motifs is 1. The Morgan fingerprint density at radius 2 is 2.00 bits per heavy atom. The minimum atomic E-state index is 0.196. The average molecular weight is 251 g/mol. The maximum atomic E-state index is 8.80. The molecule has 0 aromatic carbocycles. The smallest absolute Gasteiger partial charge is 0.138 e. The fourth-order valence-electron chi connectivity index (χ4n) is 1.77. The fourth-order valence-corrected chi connectivity index (χ4v) is 2.84. The first-order valence-electron chi connectivity index (χ1n) is 5.72. The Morgan fingerprint density at radius 3 is 2.71 bits per heavy atom. The molecule has 0 saturated carbocycles. The van der Waals surface area contributed by atoms with Gasteiger partial charge in [0.1, 0.15) is 16.5 Å². The number of aliphatic hydroxyl groups is 1. The van der Waals surface area contributed by atoms with Crippen LogP contribution < -0.4 is 5.32 Å². The Balaban J connectivity index is 2.44. The van der Waals surface area contributed by atoms with Crippen LogP contribution in [0.25, 0.3) is 10.2 Å². The van der Waals surface area contributed by atoms with E-state index in [1.54, 1.807) is 11.3 Å². The van der Waals surface area contributed by atoms with Crippen molar-refractivity contribution in [2.24, 2.45) is 0 Å². The maximum absolute atomic E-state index is 8.80. The van der Waals surface area contributed by atoms with E-state index in [9.17, 15) is 0 Å². The summed E-state index contributed by atoms with van der Waals surface area (Å²) in [7, 11) is 0. The Hall–Kier alpha value is -1.20. The van der Waals surface area contributed by atoms with Crippen LogP contribution in [0.4, 0.5) is 5.82 Å². The molecule has 0 aliphatic rings. The van der Waals surface area contributed by atoms with Gasteiger partial charge in [0.15, 0.2) is 0 Å². The number of hydrogen-bond donors (Lipinski definition) is 2. The van der Waals surface area contributed by atoms with Gasteiger partial charge in [-0.2, -0.15) is 0 Å². The molecule has 2 aromatic rings. The van der Waals surface area contributed by atoms with Crippen molar-refractivity contribution in [3.8, 4) is 0 Å². The zero-order valence-electron chi connectivity index (χ0n) is 10.4. The highest BCUT2D eigenvalue weighted by Gasteiger charge is 2.12. The zero-order chi connectivity index (χ0) is 12.4. The van der Waals surface area contributed by atoms with Crippen molar-refractivity contribution < 1.29 is 5.11 Å². The van der Waals surface area contributed by atoms with E-state index in [2.05, 4.69) is 29.1 Å². The van der Waals surface area contributed by atoms with Crippen molar-refractivity contribution in [1.82, 2.24) is 9.97 Å². The van der Waals surface area contributed by atoms with Gasteiger partial charge in [-0.1, -0.05) is 0 Å². The molecule has 2 rings (SSSR count). The maximum Gasteiger partial charge on any atom is 0.138 e. The van der Waals surface area contributed by atoms with Crippen molar-refractivity contribution in [2.45, 2.75) is 27.2 Å². The average Bonchev–Trinajstić information content (AvgIpc) is 2.54.